The summed E-state index contributed by atoms with van der Waals surface area (Å²) in [5.41, 5.74) is 1.31. The summed E-state index contributed by atoms with van der Waals surface area (Å²) in [5, 5.41) is 3.69. The standard InChI is InChI=1S/C20H32N2O2/c1-5-18-12-17(21-14-16-10-8-7-9-11-16)13-19(6-2)22(18)20(23)24-15(3)4/h7-11,15,17-19,21H,5-6,12-14H2,1-4H3. The Kier molecular flexibility index (Phi) is 7.10. The zero-order chi connectivity index (χ0) is 17.5. The molecule has 1 aromatic rings. The third kappa shape index (κ3) is 4.97. The highest BCUT2D eigenvalue weighted by Gasteiger charge is 2.37. The van der Waals surface area contributed by atoms with Crippen molar-refractivity contribution in [2.24, 2.45) is 0 Å². The van der Waals surface area contributed by atoms with Gasteiger partial charge in [-0.05, 0) is 45.1 Å². The number of hydrogen-bond donors (Lipinski definition) is 1. The van der Waals surface area contributed by atoms with E-state index in [1.165, 1.54) is 5.56 Å². The molecule has 0 spiro atoms. The smallest absolute Gasteiger partial charge is 0.410 e. The largest absolute Gasteiger partial charge is 0.447 e. The van der Waals surface area contributed by atoms with Gasteiger partial charge in [0.15, 0.2) is 0 Å². The molecule has 4 nitrogen and oxygen atoms in total. The lowest BCUT2D eigenvalue weighted by Crippen LogP contribution is -2.56. The Morgan fingerprint density at radius 3 is 2.25 bits per heavy atom. The number of carbonyl (C=O) groups excluding carboxylic acids is 1. The lowest BCUT2D eigenvalue weighted by molar-refractivity contribution is 0.0202. The number of ether oxygens (including phenoxy) is 1. The molecule has 4 heteroatoms. The quantitative estimate of drug-likeness (QED) is 0.842. The summed E-state index contributed by atoms with van der Waals surface area (Å²) in [5.74, 6) is 0. The summed E-state index contributed by atoms with van der Waals surface area (Å²) >= 11 is 0. The Morgan fingerprint density at radius 2 is 1.75 bits per heavy atom. The maximum atomic E-state index is 12.5. The highest BCUT2D eigenvalue weighted by Crippen LogP contribution is 2.28. The molecular weight excluding hydrogens is 300 g/mol. The Hall–Kier alpha value is -1.55. The highest BCUT2D eigenvalue weighted by atomic mass is 16.6. The topological polar surface area (TPSA) is 41.6 Å². The van der Waals surface area contributed by atoms with Crippen LogP contribution in [0.2, 0.25) is 0 Å². The predicted molar refractivity (Wildman–Crippen MR) is 97.9 cm³/mol. The minimum absolute atomic E-state index is 0.0681. The molecule has 0 radical (unpaired) electrons. The zero-order valence-electron chi connectivity index (χ0n) is 15.5. The second-order valence-electron chi connectivity index (χ2n) is 7.00. The van der Waals surface area contributed by atoms with Crippen LogP contribution in [0.5, 0.6) is 0 Å². The Labute approximate surface area is 146 Å². The van der Waals surface area contributed by atoms with E-state index in [2.05, 4.69) is 43.4 Å². The number of nitrogens with one attached hydrogen (secondary N) is 1. The van der Waals surface area contributed by atoms with Gasteiger partial charge in [-0.2, -0.15) is 0 Å². The van der Waals surface area contributed by atoms with Crippen LogP contribution < -0.4 is 5.32 Å². The second kappa shape index (κ2) is 9.07. The molecular formula is C20H32N2O2. The number of likely N-dealkylation sites (tertiary alicyclic amines) is 1. The van der Waals surface area contributed by atoms with E-state index < -0.39 is 0 Å². The normalized spacial score (nSPS) is 24.2. The van der Waals surface area contributed by atoms with Gasteiger partial charge in [0.2, 0.25) is 0 Å². The van der Waals surface area contributed by atoms with E-state index in [1.54, 1.807) is 0 Å². The Balaban J connectivity index is 2.00. The lowest BCUT2D eigenvalue weighted by Gasteiger charge is -2.44. The Bertz CT molecular complexity index is 490. The number of benzene rings is 1. The van der Waals surface area contributed by atoms with E-state index in [4.69, 9.17) is 4.74 Å². The van der Waals surface area contributed by atoms with Crippen LogP contribution in [0.25, 0.3) is 0 Å². The molecule has 134 valence electrons. The van der Waals surface area contributed by atoms with Crippen molar-refractivity contribution in [3.8, 4) is 0 Å². The molecule has 0 aromatic heterocycles. The van der Waals surface area contributed by atoms with Crippen LogP contribution in [0.1, 0.15) is 58.9 Å². The number of piperidine rings is 1. The Morgan fingerprint density at radius 1 is 1.17 bits per heavy atom. The van der Waals surface area contributed by atoms with Crippen LogP contribution in [0.15, 0.2) is 30.3 Å². The molecule has 2 unspecified atom stereocenters. The van der Waals surface area contributed by atoms with Gasteiger partial charge in [0.05, 0.1) is 6.10 Å². The number of carbonyl (C=O) groups is 1. The van der Waals surface area contributed by atoms with Gasteiger partial charge in [-0.1, -0.05) is 44.2 Å². The summed E-state index contributed by atoms with van der Waals surface area (Å²) in [6.45, 7) is 9.02. The molecule has 1 aromatic carbocycles. The molecule has 1 heterocycles. The first-order valence-electron chi connectivity index (χ1n) is 9.31. The molecule has 24 heavy (non-hydrogen) atoms. The van der Waals surface area contributed by atoms with E-state index >= 15 is 0 Å². The van der Waals surface area contributed by atoms with E-state index in [-0.39, 0.29) is 24.3 Å². The molecule has 1 fully saturated rings. The second-order valence-corrected chi connectivity index (χ2v) is 7.00. The number of hydrogen-bond acceptors (Lipinski definition) is 3. The van der Waals surface area contributed by atoms with Gasteiger partial charge in [0.25, 0.3) is 0 Å². The van der Waals surface area contributed by atoms with Gasteiger partial charge in [0.1, 0.15) is 0 Å². The van der Waals surface area contributed by atoms with Crippen LogP contribution >= 0.6 is 0 Å². The third-order valence-corrected chi connectivity index (χ3v) is 4.83. The summed E-state index contributed by atoms with van der Waals surface area (Å²) in [7, 11) is 0. The van der Waals surface area contributed by atoms with E-state index in [9.17, 15) is 4.79 Å². The fraction of sp³-hybridized carbons (Fsp3) is 0.650. The molecule has 0 bridgehead atoms. The van der Waals surface area contributed by atoms with Gasteiger partial charge < -0.3 is 15.0 Å². The van der Waals surface area contributed by atoms with Crippen molar-refractivity contribution in [2.45, 2.75) is 84.2 Å². The zero-order valence-corrected chi connectivity index (χ0v) is 15.5. The van der Waals surface area contributed by atoms with Crippen molar-refractivity contribution in [3.63, 3.8) is 0 Å². The van der Waals surface area contributed by atoms with Crippen molar-refractivity contribution >= 4 is 6.09 Å². The fourth-order valence-electron chi connectivity index (χ4n) is 3.59. The van der Waals surface area contributed by atoms with E-state index in [0.717, 1.165) is 32.2 Å². The summed E-state index contributed by atoms with van der Waals surface area (Å²) in [4.78, 5) is 14.5. The number of amides is 1. The molecule has 2 atom stereocenters. The summed E-state index contributed by atoms with van der Waals surface area (Å²) in [6.07, 6.45) is 3.70. The SMILES string of the molecule is CCC1CC(NCc2ccccc2)CC(CC)N1C(=O)OC(C)C. The molecule has 1 N–H and O–H groups in total. The van der Waals surface area contributed by atoms with Crippen LogP contribution in [-0.4, -0.2) is 35.2 Å². The van der Waals surface area contributed by atoms with Crippen LogP contribution in [0.4, 0.5) is 4.79 Å². The molecule has 0 aliphatic carbocycles. The maximum Gasteiger partial charge on any atom is 0.410 e. The van der Waals surface area contributed by atoms with Crippen molar-refractivity contribution < 1.29 is 9.53 Å². The van der Waals surface area contributed by atoms with Crippen LogP contribution in [0.3, 0.4) is 0 Å². The number of nitrogens with zero attached hydrogens (tertiary/aromatic N) is 1. The molecule has 1 aliphatic heterocycles. The molecule has 1 amide bonds. The highest BCUT2D eigenvalue weighted by molar-refractivity contribution is 5.69. The van der Waals surface area contributed by atoms with Gasteiger partial charge in [-0.15, -0.1) is 0 Å². The summed E-state index contributed by atoms with van der Waals surface area (Å²) in [6, 6.07) is 11.4. The minimum atomic E-state index is -0.148. The van der Waals surface area contributed by atoms with Crippen molar-refractivity contribution in [1.82, 2.24) is 10.2 Å². The van der Waals surface area contributed by atoms with E-state index in [1.807, 2.05) is 24.8 Å². The van der Waals surface area contributed by atoms with E-state index in [0.29, 0.717) is 6.04 Å². The monoisotopic (exact) mass is 332 g/mol. The van der Waals surface area contributed by atoms with Crippen LogP contribution in [0, 0.1) is 0 Å². The van der Waals surface area contributed by atoms with Crippen molar-refractivity contribution in [1.29, 1.82) is 0 Å². The molecule has 2 rings (SSSR count). The van der Waals surface area contributed by atoms with Crippen LogP contribution in [-0.2, 0) is 11.3 Å². The maximum absolute atomic E-state index is 12.5. The van der Waals surface area contributed by atoms with Gasteiger partial charge in [-0.3, -0.25) is 0 Å². The van der Waals surface area contributed by atoms with Gasteiger partial charge in [-0.25, -0.2) is 4.79 Å². The van der Waals surface area contributed by atoms with Gasteiger partial charge >= 0.3 is 6.09 Å². The predicted octanol–water partition coefficient (Wildman–Crippen LogP) is 4.34. The van der Waals surface area contributed by atoms with Crippen molar-refractivity contribution in [2.75, 3.05) is 0 Å². The van der Waals surface area contributed by atoms with Gasteiger partial charge in [0, 0.05) is 24.7 Å². The molecule has 1 aliphatic rings. The first-order valence-corrected chi connectivity index (χ1v) is 9.31. The average molecular weight is 332 g/mol. The molecule has 1 saturated heterocycles. The number of rotatable bonds is 6. The average Bonchev–Trinajstić information content (AvgIpc) is 2.59. The summed E-state index contributed by atoms with van der Waals surface area (Å²) < 4.78 is 5.48. The molecule has 0 saturated carbocycles. The third-order valence-electron chi connectivity index (χ3n) is 4.83. The first kappa shape index (κ1) is 18.8. The van der Waals surface area contributed by atoms with Crippen molar-refractivity contribution in [3.05, 3.63) is 35.9 Å². The minimum Gasteiger partial charge on any atom is -0.447 e. The fourth-order valence-corrected chi connectivity index (χ4v) is 3.59. The first-order chi connectivity index (χ1) is 11.5. The lowest BCUT2D eigenvalue weighted by atomic mass is 9.89.